The smallest absolute Gasteiger partial charge is 0.142 e. The summed E-state index contributed by atoms with van der Waals surface area (Å²) in [6, 6.07) is 6.49. The van der Waals surface area contributed by atoms with Gasteiger partial charge in [-0.1, -0.05) is 18.2 Å². The molecular weight excluding hydrogens is 337 g/mol. The van der Waals surface area contributed by atoms with Crippen LogP contribution in [0.15, 0.2) is 24.4 Å². The monoisotopic (exact) mass is 353 g/mol. The molecule has 18 heavy (non-hydrogen) atoms. The van der Waals surface area contributed by atoms with Crippen molar-refractivity contribution in [2.45, 2.75) is 20.3 Å². The molecule has 0 radical (unpaired) electrons. The zero-order valence-corrected chi connectivity index (χ0v) is 12.9. The Balaban J connectivity index is 2.25. The summed E-state index contributed by atoms with van der Waals surface area (Å²) in [7, 11) is 1.88. The summed E-state index contributed by atoms with van der Waals surface area (Å²) in [5.41, 5.74) is 3.88. The Morgan fingerprint density at radius 3 is 2.67 bits per heavy atom. The van der Waals surface area contributed by atoms with E-state index in [1.165, 1.54) is 16.7 Å². The Morgan fingerprint density at radius 2 is 2.00 bits per heavy atom. The van der Waals surface area contributed by atoms with Gasteiger partial charge in [0.15, 0.2) is 0 Å². The largest absolute Gasteiger partial charge is 0.372 e. The van der Waals surface area contributed by atoms with Crippen LogP contribution < -0.4 is 5.32 Å². The van der Waals surface area contributed by atoms with Gasteiger partial charge in [0.2, 0.25) is 0 Å². The van der Waals surface area contributed by atoms with Crippen LogP contribution in [0, 0.1) is 17.4 Å². The van der Waals surface area contributed by atoms with Gasteiger partial charge < -0.3 is 5.32 Å². The fourth-order valence-corrected chi connectivity index (χ4v) is 2.29. The normalized spacial score (nSPS) is 10.4. The summed E-state index contributed by atoms with van der Waals surface area (Å²) < 4.78 is 1.04. The molecule has 0 saturated carbocycles. The SMILES string of the molecule is CNc1nc(Cc2ccc(C)c(C)c2)ncc1I. The van der Waals surface area contributed by atoms with E-state index in [-0.39, 0.29) is 0 Å². The highest BCUT2D eigenvalue weighted by atomic mass is 127. The van der Waals surface area contributed by atoms with E-state index in [0.717, 1.165) is 21.6 Å². The molecule has 3 nitrogen and oxygen atoms in total. The Kier molecular flexibility index (Phi) is 4.16. The fourth-order valence-electron chi connectivity index (χ4n) is 1.76. The van der Waals surface area contributed by atoms with E-state index < -0.39 is 0 Å². The van der Waals surface area contributed by atoms with Gasteiger partial charge in [-0.25, -0.2) is 9.97 Å². The number of benzene rings is 1. The molecule has 0 fully saturated rings. The van der Waals surface area contributed by atoms with Crippen LogP contribution in [0.2, 0.25) is 0 Å². The predicted octanol–water partition coefficient (Wildman–Crippen LogP) is 3.33. The molecule has 0 aliphatic rings. The van der Waals surface area contributed by atoms with E-state index in [2.05, 4.69) is 69.9 Å². The van der Waals surface area contributed by atoms with E-state index in [1.807, 2.05) is 13.2 Å². The molecule has 4 heteroatoms. The molecule has 0 atom stereocenters. The molecule has 0 aliphatic heterocycles. The second-order valence-corrected chi connectivity index (χ2v) is 5.49. The Bertz CT molecular complexity index is 567. The lowest BCUT2D eigenvalue weighted by Gasteiger charge is -2.07. The van der Waals surface area contributed by atoms with Crippen molar-refractivity contribution in [3.8, 4) is 0 Å². The van der Waals surface area contributed by atoms with Crippen LogP contribution in [-0.2, 0) is 6.42 Å². The first-order valence-corrected chi connectivity index (χ1v) is 6.93. The maximum absolute atomic E-state index is 4.51. The molecule has 0 spiro atoms. The summed E-state index contributed by atoms with van der Waals surface area (Å²) in [5, 5.41) is 3.08. The lowest BCUT2D eigenvalue weighted by Crippen LogP contribution is -2.03. The van der Waals surface area contributed by atoms with E-state index >= 15 is 0 Å². The number of halogens is 1. The molecule has 94 valence electrons. The van der Waals surface area contributed by atoms with E-state index in [4.69, 9.17) is 0 Å². The van der Waals surface area contributed by atoms with Gasteiger partial charge in [0.25, 0.3) is 0 Å². The summed E-state index contributed by atoms with van der Waals surface area (Å²) in [6.07, 6.45) is 2.63. The second-order valence-electron chi connectivity index (χ2n) is 4.33. The molecule has 1 aromatic heterocycles. The van der Waals surface area contributed by atoms with Crippen LogP contribution in [0.4, 0.5) is 5.82 Å². The average Bonchev–Trinajstić information content (AvgIpc) is 2.36. The first-order chi connectivity index (χ1) is 8.60. The van der Waals surface area contributed by atoms with Crippen LogP contribution >= 0.6 is 22.6 Å². The third-order valence-corrected chi connectivity index (χ3v) is 3.75. The first kappa shape index (κ1) is 13.3. The quantitative estimate of drug-likeness (QED) is 0.861. The number of aromatic nitrogens is 2. The third kappa shape index (κ3) is 2.98. The van der Waals surface area contributed by atoms with Crippen LogP contribution in [-0.4, -0.2) is 17.0 Å². The standard InChI is InChI=1S/C14H16IN3/c1-9-4-5-11(6-10(9)2)7-13-17-8-12(15)14(16-3)18-13/h4-6,8H,7H2,1-3H3,(H,16,17,18). The van der Waals surface area contributed by atoms with Crippen molar-refractivity contribution < 1.29 is 0 Å². The molecule has 0 amide bonds. The number of hydrogen-bond donors (Lipinski definition) is 1. The lowest BCUT2D eigenvalue weighted by atomic mass is 10.0. The Labute approximate surface area is 121 Å². The van der Waals surface area contributed by atoms with Crippen molar-refractivity contribution in [3.05, 3.63) is 50.5 Å². The maximum Gasteiger partial charge on any atom is 0.142 e. The summed E-state index contributed by atoms with van der Waals surface area (Å²) in [6.45, 7) is 4.26. The van der Waals surface area contributed by atoms with E-state index in [1.54, 1.807) is 0 Å². The van der Waals surface area contributed by atoms with Crippen molar-refractivity contribution in [2.75, 3.05) is 12.4 Å². The van der Waals surface area contributed by atoms with Gasteiger partial charge in [0.1, 0.15) is 11.6 Å². The molecule has 0 unspecified atom stereocenters. The van der Waals surface area contributed by atoms with Crippen LogP contribution in [0.3, 0.4) is 0 Å². The Hall–Kier alpha value is -1.17. The molecule has 0 bridgehead atoms. The van der Waals surface area contributed by atoms with Gasteiger partial charge in [-0.05, 0) is 53.1 Å². The number of nitrogens with one attached hydrogen (secondary N) is 1. The minimum atomic E-state index is 0.771. The molecule has 2 rings (SSSR count). The molecule has 2 aromatic rings. The number of anilines is 1. The van der Waals surface area contributed by atoms with Gasteiger partial charge in [-0.2, -0.15) is 0 Å². The highest BCUT2D eigenvalue weighted by molar-refractivity contribution is 14.1. The maximum atomic E-state index is 4.51. The van der Waals surface area contributed by atoms with Crippen molar-refractivity contribution in [1.82, 2.24) is 9.97 Å². The van der Waals surface area contributed by atoms with Gasteiger partial charge in [0.05, 0.1) is 3.57 Å². The van der Waals surface area contributed by atoms with Crippen molar-refractivity contribution >= 4 is 28.4 Å². The van der Waals surface area contributed by atoms with Crippen molar-refractivity contribution in [1.29, 1.82) is 0 Å². The van der Waals surface area contributed by atoms with Crippen LogP contribution in [0.1, 0.15) is 22.5 Å². The van der Waals surface area contributed by atoms with E-state index in [0.29, 0.717) is 0 Å². The number of rotatable bonds is 3. The molecular formula is C14H16IN3. The number of hydrogen-bond acceptors (Lipinski definition) is 3. The molecule has 0 aliphatic carbocycles. The third-order valence-electron chi connectivity index (χ3n) is 2.96. The predicted molar refractivity (Wildman–Crippen MR) is 83.0 cm³/mol. The van der Waals surface area contributed by atoms with Crippen LogP contribution in [0.25, 0.3) is 0 Å². The zero-order valence-electron chi connectivity index (χ0n) is 10.8. The molecule has 0 saturated heterocycles. The molecule has 1 aromatic carbocycles. The number of aryl methyl sites for hydroxylation is 2. The molecule has 1 N–H and O–H groups in total. The minimum absolute atomic E-state index is 0.771. The highest BCUT2D eigenvalue weighted by Crippen LogP contribution is 2.16. The second kappa shape index (κ2) is 5.65. The summed E-state index contributed by atoms with van der Waals surface area (Å²) in [4.78, 5) is 8.88. The first-order valence-electron chi connectivity index (χ1n) is 5.85. The van der Waals surface area contributed by atoms with Gasteiger partial charge >= 0.3 is 0 Å². The zero-order chi connectivity index (χ0) is 13.1. The lowest BCUT2D eigenvalue weighted by molar-refractivity contribution is 0.960. The van der Waals surface area contributed by atoms with Crippen molar-refractivity contribution in [2.24, 2.45) is 0 Å². The van der Waals surface area contributed by atoms with Gasteiger partial charge in [0, 0.05) is 19.7 Å². The fraction of sp³-hybridized carbons (Fsp3) is 0.286. The molecule has 1 heterocycles. The average molecular weight is 353 g/mol. The summed E-state index contributed by atoms with van der Waals surface area (Å²) >= 11 is 2.23. The van der Waals surface area contributed by atoms with Gasteiger partial charge in [-0.3, -0.25) is 0 Å². The van der Waals surface area contributed by atoms with Crippen molar-refractivity contribution in [3.63, 3.8) is 0 Å². The number of nitrogens with zero attached hydrogens (tertiary/aromatic N) is 2. The minimum Gasteiger partial charge on any atom is -0.372 e. The highest BCUT2D eigenvalue weighted by Gasteiger charge is 2.05. The summed E-state index contributed by atoms with van der Waals surface area (Å²) in [5.74, 6) is 1.74. The van der Waals surface area contributed by atoms with Crippen LogP contribution in [0.5, 0.6) is 0 Å². The van der Waals surface area contributed by atoms with Gasteiger partial charge in [-0.15, -0.1) is 0 Å². The van der Waals surface area contributed by atoms with E-state index in [9.17, 15) is 0 Å². The Morgan fingerprint density at radius 1 is 1.22 bits per heavy atom. The topological polar surface area (TPSA) is 37.8 Å².